The van der Waals surface area contributed by atoms with Crippen LogP contribution in [0.5, 0.6) is 0 Å². The second-order valence-corrected chi connectivity index (χ2v) is 8.88. The molecule has 0 radical (unpaired) electrons. The second-order valence-electron chi connectivity index (χ2n) is 8.88. The number of imide groups is 1. The van der Waals surface area contributed by atoms with E-state index in [4.69, 9.17) is 0 Å². The van der Waals surface area contributed by atoms with Crippen molar-refractivity contribution in [2.24, 2.45) is 0 Å². The summed E-state index contributed by atoms with van der Waals surface area (Å²) in [5.41, 5.74) is 1.93. The van der Waals surface area contributed by atoms with E-state index in [1.807, 2.05) is 68.4 Å². The fraction of sp³-hybridized carbons (Fsp3) is 0.423. The Balaban J connectivity index is 1.57. The third-order valence-corrected chi connectivity index (χ3v) is 6.71. The number of carbonyl (C=O) groups excluding carboxylic acids is 3. The van der Waals surface area contributed by atoms with Gasteiger partial charge in [-0.2, -0.15) is 0 Å². The van der Waals surface area contributed by atoms with Crippen LogP contribution in [-0.4, -0.2) is 34.8 Å². The SMILES string of the molecule is CCC(NC(=O)CN1C(=O)N(c2ccc(C)cc2)C2(CCCCC2)C1=O)c1ccccc1. The van der Waals surface area contributed by atoms with Crippen molar-refractivity contribution < 1.29 is 14.4 Å². The van der Waals surface area contributed by atoms with Crippen molar-refractivity contribution in [2.75, 3.05) is 11.4 Å². The van der Waals surface area contributed by atoms with Crippen LogP contribution in [0.2, 0.25) is 0 Å². The standard InChI is InChI=1S/C26H31N3O3/c1-3-22(20-10-6-4-7-11-20)27-23(30)18-28-24(31)26(16-8-5-9-17-26)29(25(28)32)21-14-12-19(2)13-15-21/h4,6-7,10-15,22H,3,5,8-9,16-18H2,1-2H3,(H,27,30). The molecule has 1 heterocycles. The van der Waals surface area contributed by atoms with E-state index < -0.39 is 11.6 Å². The van der Waals surface area contributed by atoms with Gasteiger partial charge in [0.25, 0.3) is 5.91 Å². The van der Waals surface area contributed by atoms with Crippen LogP contribution in [0.4, 0.5) is 10.5 Å². The fourth-order valence-electron chi connectivity index (χ4n) is 4.99. The van der Waals surface area contributed by atoms with E-state index in [0.29, 0.717) is 12.8 Å². The molecule has 2 aliphatic rings. The Hall–Kier alpha value is -3.15. The number of nitrogens with one attached hydrogen (secondary N) is 1. The van der Waals surface area contributed by atoms with Crippen LogP contribution in [-0.2, 0) is 9.59 Å². The first-order valence-corrected chi connectivity index (χ1v) is 11.5. The van der Waals surface area contributed by atoms with Gasteiger partial charge in [-0.3, -0.25) is 19.4 Å². The minimum atomic E-state index is -0.880. The van der Waals surface area contributed by atoms with E-state index in [9.17, 15) is 14.4 Å². The van der Waals surface area contributed by atoms with Gasteiger partial charge in [0.05, 0.1) is 6.04 Å². The minimum Gasteiger partial charge on any atom is -0.348 e. The van der Waals surface area contributed by atoms with Crippen molar-refractivity contribution in [2.45, 2.75) is 64.0 Å². The van der Waals surface area contributed by atoms with Gasteiger partial charge >= 0.3 is 6.03 Å². The monoisotopic (exact) mass is 433 g/mol. The Labute approximate surface area is 189 Å². The van der Waals surface area contributed by atoms with Gasteiger partial charge < -0.3 is 5.32 Å². The highest BCUT2D eigenvalue weighted by molar-refractivity contribution is 6.18. The molecule has 1 spiro atoms. The zero-order valence-corrected chi connectivity index (χ0v) is 18.8. The van der Waals surface area contributed by atoms with Gasteiger partial charge in [-0.25, -0.2) is 4.79 Å². The summed E-state index contributed by atoms with van der Waals surface area (Å²) < 4.78 is 0. The van der Waals surface area contributed by atoms with Crippen LogP contribution < -0.4 is 10.2 Å². The summed E-state index contributed by atoms with van der Waals surface area (Å²) in [7, 11) is 0. The molecule has 1 saturated carbocycles. The number of rotatable bonds is 6. The summed E-state index contributed by atoms with van der Waals surface area (Å²) in [6.07, 6.45) is 4.83. The molecule has 0 bridgehead atoms. The van der Waals surface area contributed by atoms with Gasteiger partial charge in [0, 0.05) is 5.69 Å². The molecule has 1 aliphatic carbocycles. The quantitative estimate of drug-likeness (QED) is 0.670. The number of amides is 4. The van der Waals surface area contributed by atoms with Gasteiger partial charge in [0.1, 0.15) is 12.1 Å². The Morgan fingerprint density at radius 3 is 2.28 bits per heavy atom. The number of nitrogens with zero attached hydrogens (tertiary/aromatic N) is 2. The van der Waals surface area contributed by atoms with E-state index in [1.54, 1.807) is 4.90 Å². The molecule has 6 heteroatoms. The largest absolute Gasteiger partial charge is 0.348 e. The van der Waals surface area contributed by atoms with Crippen molar-refractivity contribution in [3.05, 3.63) is 65.7 Å². The lowest BCUT2D eigenvalue weighted by molar-refractivity contribution is -0.135. The molecule has 1 unspecified atom stereocenters. The Bertz CT molecular complexity index is 981. The molecule has 1 saturated heterocycles. The molecule has 4 rings (SSSR count). The average molecular weight is 434 g/mol. The molecule has 0 aromatic heterocycles. The van der Waals surface area contributed by atoms with Crippen molar-refractivity contribution in [3.8, 4) is 0 Å². The molecular weight excluding hydrogens is 402 g/mol. The lowest BCUT2D eigenvalue weighted by Crippen LogP contribution is -2.51. The highest BCUT2D eigenvalue weighted by Crippen LogP contribution is 2.43. The molecule has 4 amide bonds. The van der Waals surface area contributed by atoms with Crippen LogP contribution >= 0.6 is 0 Å². The zero-order chi connectivity index (χ0) is 22.7. The molecule has 2 aromatic rings. The van der Waals surface area contributed by atoms with Crippen LogP contribution in [0.15, 0.2) is 54.6 Å². The zero-order valence-electron chi connectivity index (χ0n) is 18.8. The second kappa shape index (κ2) is 9.15. The molecule has 1 aliphatic heterocycles. The first-order valence-electron chi connectivity index (χ1n) is 11.5. The van der Waals surface area contributed by atoms with Gasteiger partial charge in [-0.1, -0.05) is 74.2 Å². The minimum absolute atomic E-state index is 0.159. The number of anilines is 1. The molecule has 2 fully saturated rings. The number of benzene rings is 2. The predicted octanol–water partition coefficient (Wildman–Crippen LogP) is 4.73. The molecule has 1 N–H and O–H groups in total. The lowest BCUT2D eigenvalue weighted by atomic mass is 9.80. The van der Waals surface area contributed by atoms with Crippen molar-refractivity contribution in [3.63, 3.8) is 0 Å². The molecule has 168 valence electrons. The Kier molecular flexibility index (Phi) is 6.31. The van der Waals surface area contributed by atoms with E-state index in [2.05, 4.69) is 5.32 Å². The predicted molar refractivity (Wildman–Crippen MR) is 124 cm³/mol. The lowest BCUT2D eigenvalue weighted by Gasteiger charge is -2.38. The molecule has 6 nitrogen and oxygen atoms in total. The Morgan fingerprint density at radius 1 is 1.00 bits per heavy atom. The van der Waals surface area contributed by atoms with Gasteiger partial charge in [-0.15, -0.1) is 0 Å². The van der Waals surface area contributed by atoms with Crippen LogP contribution in [0.3, 0.4) is 0 Å². The molecular formula is C26H31N3O3. The molecule has 2 aromatic carbocycles. The maximum Gasteiger partial charge on any atom is 0.332 e. The van der Waals surface area contributed by atoms with Crippen molar-refractivity contribution in [1.29, 1.82) is 0 Å². The summed E-state index contributed by atoms with van der Waals surface area (Å²) in [5, 5.41) is 3.00. The summed E-state index contributed by atoms with van der Waals surface area (Å²) in [4.78, 5) is 42.8. The maximum atomic E-state index is 13.6. The van der Waals surface area contributed by atoms with Crippen molar-refractivity contribution >= 4 is 23.5 Å². The van der Waals surface area contributed by atoms with Crippen LogP contribution in [0.25, 0.3) is 0 Å². The normalized spacial score (nSPS) is 18.8. The summed E-state index contributed by atoms with van der Waals surface area (Å²) in [6.45, 7) is 3.73. The fourth-order valence-corrected chi connectivity index (χ4v) is 4.99. The Morgan fingerprint density at radius 2 is 1.66 bits per heavy atom. The van der Waals surface area contributed by atoms with E-state index in [0.717, 1.165) is 47.4 Å². The van der Waals surface area contributed by atoms with Crippen LogP contribution in [0.1, 0.15) is 62.6 Å². The van der Waals surface area contributed by atoms with Crippen molar-refractivity contribution in [1.82, 2.24) is 10.2 Å². The maximum absolute atomic E-state index is 13.6. The summed E-state index contributed by atoms with van der Waals surface area (Å²) in [5.74, 6) is -0.565. The smallest absolute Gasteiger partial charge is 0.332 e. The van der Waals surface area contributed by atoms with E-state index >= 15 is 0 Å². The summed E-state index contributed by atoms with van der Waals surface area (Å²) >= 11 is 0. The first-order chi connectivity index (χ1) is 15.5. The van der Waals surface area contributed by atoms with Gasteiger partial charge in [0.2, 0.25) is 5.91 Å². The number of carbonyl (C=O) groups is 3. The highest BCUT2D eigenvalue weighted by atomic mass is 16.2. The summed E-state index contributed by atoms with van der Waals surface area (Å²) in [6, 6.07) is 16.9. The highest BCUT2D eigenvalue weighted by Gasteiger charge is 2.58. The number of aryl methyl sites for hydroxylation is 1. The van der Waals surface area contributed by atoms with E-state index in [-0.39, 0.29) is 24.4 Å². The van der Waals surface area contributed by atoms with E-state index in [1.165, 1.54) is 0 Å². The van der Waals surface area contributed by atoms with Gasteiger partial charge in [-0.05, 0) is 43.9 Å². The third kappa shape index (κ3) is 4.01. The molecule has 32 heavy (non-hydrogen) atoms. The number of hydrogen-bond acceptors (Lipinski definition) is 3. The van der Waals surface area contributed by atoms with Gasteiger partial charge in [0.15, 0.2) is 0 Å². The number of urea groups is 1. The number of hydrogen-bond donors (Lipinski definition) is 1. The average Bonchev–Trinajstić information content (AvgIpc) is 3.00. The topological polar surface area (TPSA) is 69.7 Å². The van der Waals surface area contributed by atoms with Crippen LogP contribution in [0, 0.1) is 6.92 Å². The third-order valence-electron chi connectivity index (χ3n) is 6.71. The molecule has 1 atom stereocenters. The first kappa shape index (κ1) is 22.1.